The number of hydrogen-bond donors (Lipinski definition) is 2. The molecule has 4 heteroatoms. The second-order valence-corrected chi connectivity index (χ2v) is 5.25. The van der Waals surface area contributed by atoms with E-state index in [-0.39, 0.29) is 5.91 Å². The first-order valence-corrected chi connectivity index (χ1v) is 6.92. The molecule has 1 heterocycles. The van der Waals surface area contributed by atoms with Gasteiger partial charge in [0.2, 0.25) is 5.91 Å². The highest BCUT2D eigenvalue weighted by atomic mass is 16.5. The highest BCUT2D eigenvalue weighted by molar-refractivity contribution is 5.78. The fourth-order valence-corrected chi connectivity index (χ4v) is 2.66. The second kappa shape index (κ2) is 6.97. The Morgan fingerprint density at radius 1 is 1.18 bits per heavy atom. The summed E-state index contributed by atoms with van der Waals surface area (Å²) in [6, 6.07) is 0.568. The SMILES string of the molecule is O=C(CNC1CCCC1)NCC1CCCOC1. The molecule has 1 aliphatic carbocycles. The summed E-state index contributed by atoms with van der Waals surface area (Å²) in [6.45, 7) is 2.92. The maximum atomic E-state index is 11.6. The molecule has 0 bridgehead atoms. The third-order valence-electron chi connectivity index (χ3n) is 3.75. The van der Waals surface area contributed by atoms with Crippen LogP contribution in [0.2, 0.25) is 0 Å². The van der Waals surface area contributed by atoms with Gasteiger partial charge in [0, 0.05) is 19.2 Å². The van der Waals surface area contributed by atoms with E-state index in [0.29, 0.717) is 18.5 Å². The Morgan fingerprint density at radius 3 is 2.71 bits per heavy atom. The van der Waals surface area contributed by atoms with E-state index < -0.39 is 0 Å². The Labute approximate surface area is 103 Å². The predicted molar refractivity (Wildman–Crippen MR) is 66.8 cm³/mol. The van der Waals surface area contributed by atoms with Crippen LogP contribution in [0.1, 0.15) is 38.5 Å². The minimum absolute atomic E-state index is 0.127. The Kier molecular flexibility index (Phi) is 5.26. The van der Waals surface area contributed by atoms with Gasteiger partial charge >= 0.3 is 0 Å². The average molecular weight is 240 g/mol. The van der Waals surface area contributed by atoms with Crippen molar-refractivity contribution >= 4 is 5.91 Å². The number of carbonyl (C=O) groups excluding carboxylic acids is 1. The lowest BCUT2D eigenvalue weighted by atomic mass is 10.0. The summed E-state index contributed by atoms with van der Waals surface area (Å²) in [7, 11) is 0. The van der Waals surface area contributed by atoms with Crippen LogP contribution in [0.3, 0.4) is 0 Å². The summed E-state index contributed by atoms with van der Waals surface area (Å²) in [4.78, 5) is 11.6. The third kappa shape index (κ3) is 4.64. The van der Waals surface area contributed by atoms with Gasteiger partial charge in [-0.1, -0.05) is 12.8 Å². The van der Waals surface area contributed by atoms with E-state index in [9.17, 15) is 4.79 Å². The molecule has 98 valence electrons. The molecule has 0 aromatic heterocycles. The molecule has 2 fully saturated rings. The average Bonchev–Trinajstić information content (AvgIpc) is 2.88. The summed E-state index contributed by atoms with van der Waals surface area (Å²) >= 11 is 0. The van der Waals surface area contributed by atoms with Gasteiger partial charge in [-0.2, -0.15) is 0 Å². The molecule has 1 unspecified atom stereocenters. The lowest BCUT2D eigenvalue weighted by Crippen LogP contribution is -2.40. The molecular weight excluding hydrogens is 216 g/mol. The molecule has 2 aliphatic rings. The van der Waals surface area contributed by atoms with Crippen LogP contribution in [-0.2, 0) is 9.53 Å². The van der Waals surface area contributed by atoms with Crippen LogP contribution in [0.25, 0.3) is 0 Å². The lowest BCUT2D eigenvalue weighted by Gasteiger charge is -2.22. The molecule has 1 amide bonds. The Morgan fingerprint density at radius 2 is 2.00 bits per heavy atom. The molecule has 1 saturated heterocycles. The van der Waals surface area contributed by atoms with Crippen LogP contribution in [0.5, 0.6) is 0 Å². The summed E-state index contributed by atoms with van der Waals surface area (Å²) in [5.74, 6) is 0.640. The fourth-order valence-electron chi connectivity index (χ4n) is 2.66. The molecule has 0 spiro atoms. The number of ether oxygens (including phenoxy) is 1. The minimum Gasteiger partial charge on any atom is -0.381 e. The molecule has 17 heavy (non-hydrogen) atoms. The molecule has 2 rings (SSSR count). The first kappa shape index (κ1) is 12.8. The number of hydrogen-bond acceptors (Lipinski definition) is 3. The highest BCUT2D eigenvalue weighted by Crippen LogP contribution is 2.17. The van der Waals surface area contributed by atoms with Crippen molar-refractivity contribution in [3.8, 4) is 0 Å². The Hall–Kier alpha value is -0.610. The zero-order valence-corrected chi connectivity index (χ0v) is 10.5. The molecule has 0 radical (unpaired) electrons. The largest absolute Gasteiger partial charge is 0.381 e. The van der Waals surface area contributed by atoms with Crippen molar-refractivity contribution in [3.63, 3.8) is 0 Å². The molecule has 1 saturated carbocycles. The topological polar surface area (TPSA) is 50.4 Å². The molecule has 4 nitrogen and oxygen atoms in total. The van der Waals surface area contributed by atoms with E-state index in [1.165, 1.54) is 32.1 Å². The number of nitrogens with one attached hydrogen (secondary N) is 2. The van der Waals surface area contributed by atoms with Gasteiger partial charge in [-0.05, 0) is 31.6 Å². The molecule has 0 aromatic rings. The van der Waals surface area contributed by atoms with E-state index in [0.717, 1.165) is 26.2 Å². The van der Waals surface area contributed by atoms with E-state index in [2.05, 4.69) is 10.6 Å². The van der Waals surface area contributed by atoms with Crippen LogP contribution in [-0.4, -0.2) is 38.3 Å². The number of amides is 1. The van der Waals surface area contributed by atoms with Crippen LogP contribution in [0, 0.1) is 5.92 Å². The predicted octanol–water partition coefficient (Wildman–Crippen LogP) is 1.06. The minimum atomic E-state index is 0.127. The van der Waals surface area contributed by atoms with E-state index >= 15 is 0 Å². The molecule has 0 aromatic carbocycles. The summed E-state index contributed by atoms with van der Waals surface area (Å²) in [5.41, 5.74) is 0. The van der Waals surface area contributed by atoms with Gasteiger partial charge in [-0.25, -0.2) is 0 Å². The molecule has 1 atom stereocenters. The maximum Gasteiger partial charge on any atom is 0.233 e. The zero-order valence-electron chi connectivity index (χ0n) is 10.5. The quantitative estimate of drug-likeness (QED) is 0.755. The van der Waals surface area contributed by atoms with Crippen molar-refractivity contribution in [1.82, 2.24) is 10.6 Å². The van der Waals surface area contributed by atoms with Crippen molar-refractivity contribution in [2.45, 2.75) is 44.6 Å². The lowest BCUT2D eigenvalue weighted by molar-refractivity contribution is -0.120. The van der Waals surface area contributed by atoms with Crippen molar-refractivity contribution < 1.29 is 9.53 Å². The zero-order chi connectivity index (χ0) is 11.9. The van der Waals surface area contributed by atoms with Crippen LogP contribution in [0.4, 0.5) is 0 Å². The number of rotatable bonds is 5. The normalized spacial score (nSPS) is 26.0. The second-order valence-electron chi connectivity index (χ2n) is 5.25. The van der Waals surface area contributed by atoms with Crippen molar-refractivity contribution in [2.24, 2.45) is 5.92 Å². The summed E-state index contributed by atoms with van der Waals surface area (Å²) in [5, 5.41) is 6.32. The number of carbonyl (C=O) groups is 1. The van der Waals surface area contributed by atoms with Crippen molar-refractivity contribution in [2.75, 3.05) is 26.3 Å². The smallest absolute Gasteiger partial charge is 0.233 e. The molecule has 2 N–H and O–H groups in total. The van der Waals surface area contributed by atoms with Crippen molar-refractivity contribution in [1.29, 1.82) is 0 Å². The maximum absolute atomic E-state index is 11.6. The van der Waals surface area contributed by atoms with E-state index in [1.807, 2.05) is 0 Å². The van der Waals surface area contributed by atoms with E-state index in [4.69, 9.17) is 4.74 Å². The van der Waals surface area contributed by atoms with E-state index in [1.54, 1.807) is 0 Å². The molecule has 1 aliphatic heterocycles. The Balaban J connectivity index is 1.53. The monoisotopic (exact) mass is 240 g/mol. The summed E-state index contributed by atoms with van der Waals surface area (Å²) < 4.78 is 5.39. The van der Waals surface area contributed by atoms with Gasteiger partial charge in [0.15, 0.2) is 0 Å². The standard InChI is InChI=1S/C13H24N2O2/c16-13(9-14-12-5-1-2-6-12)15-8-11-4-3-7-17-10-11/h11-12,14H,1-10H2,(H,15,16). The van der Waals surface area contributed by atoms with Gasteiger partial charge in [0.05, 0.1) is 13.2 Å². The van der Waals surface area contributed by atoms with Gasteiger partial charge in [-0.3, -0.25) is 4.79 Å². The first-order chi connectivity index (χ1) is 8.34. The molecular formula is C13H24N2O2. The Bertz CT molecular complexity index is 234. The van der Waals surface area contributed by atoms with Gasteiger partial charge in [-0.15, -0.1) is 0 Å². The summed E-state index contributed by atoms with van der Waals surface area (Å²) in [6.07, 6.45) is 7.36. The van der Waals surface area contributed by atoms with Crippen LogP contribution < -0.4 is 10.6 Å². The van der Waals surface area contributed by atoms with Gasteiger partial charge in [0.1, 0.15) is 0 Å². The van der Waals surface area contributed by atoms with Crippen LogP contribution >= 0.6 is 0 Å². The fraction of sp³-hybridized carbons (Fsp3) is 0.923. The van der Waals surface area contributed by atoms with Crippen molar-refractivity contribution in [3.05, 3.63) is 0 Å². The van der Waals surface area contributed by atoms with Crippen LogP contribution in [0.15, 0.2) is 0 Å². The highest BCUT2D eigenvalue weighted by Gasteiger charge is 2.17. The first-order valence-electron chi connectivity index (χ1n) is 6.92. The van der Waals surface area contributed by atoms with Gasteiger partial charge in [0.25, 0.3) is 0 Å². The van der Waals surface area contributed by atoms with Gasteiger partial charge < -0.3 is 15.4 Å². The third-order valence-corrected chi connectivity index (χ3v) is 3.75.